The van der Waals surface area contributed by atoms with Crippen LogP contribution in [0.4, 0.5) is 11.6 Å². The standard InChI is InChI=1S/C31H29Cl2N7O6S/c1-31(14-19-4-6-20(7-5-19)21-15-34-18-35-16-21)29(44)39(24-12-22(32)11-23(33)13-24)30-37-17-26(40(30)31)47(45,46)38-10-2-3-25(38)28(43)36-9-8-27(41)42/h4-7,11-13,15-18,25H,2-3,8-10,14H2,1H3,(H,36,43)(H,41,42)/t25-,31+/m0/s1. The molecule has 2 atom stereocenters. The van der Waals surface area contributed by atoms with Crippen LogP contribution in [-0.4, -0.2) is 74.3 Å². The van der Waals surface area contributed by atoms with Gasteiger partial charge >= 0.3 is 5.97 Å². The summed E-state index contributed by atoms with van der Waals surface area (Å²) in [6.07, 6.45) is 6.45. The van der Waals surface area contributed by atoms with Gasteiger partial charge in [0.1, 0.15) is 17.9 Å². The number of anilines is 2. The number of benzene rings is 2. The highest BCUT2D eigenvalue weighted by molar-refractivity contribution is 7.89. The minimum Gasteiger partial charge on any atom is -0.481 e. The van der Waals surface area contributed by atoms with Gasteiger partial charge in [-0.25, -0.2) is 28.3 Å². The summed E-state index contributed by atoms with van der Waals surface area (Å²) in [5.41, 5.74) is 1.24. The van der Waals surface area contributed by atoms with Crippen molar-refractivity contribution in [2.75, 3.05) is 18.0 Å². The predicted octanol–water partition coefficient (Wildman–Crippen LogP) is 4.03. The topological polar surface area (TPSA) is 168 Å². The minimum atomic E-state index is -4.40. The van der Waals surface area contributed by atoms with E-state index >= 15 is 0 Å². The first-order chi connectivity index (χ1) is 22.4. The molecular weight excluding hydrogens is 669 g/mol. The Morgan fingerprint density at radius 3 is 2.38 bits per heavy atom. The van der Waals surface area contributed by atoms with Crippen molar-refractivity contribution in [3.63, 3.8) is 0 Å². The Morgan fingerprint density at radius 2 is 1.72 bits per heavy atom. The van der Waals surface area contributed by atoms with Gasteiger partial charge in [-0.15, -0.1) is 0 Å². The number of fused-ring (bicyclic) bond motifs is 1. The van der Waals surface area contributed by atoms with Gasteiger partial charge in [-0.1, -0.05) is 47.5 Å². The van der Waals surface area contributed by atoms with Gasteiger partial charge in [0.05, 0.1) is 18.3 Å². The molecule has 0 radical (unpaired) electrons. The van der Waals surface area contributed by atoms with Crippen molar-refractivity contribution in [3.05, 3.63) is 83.0 Å². The number of carbonyl (C=O) groups is 3. The molecule has 47 heavy (non-hydrogen) atoms. The zero-order chi connectivity index (χ0) is 33.5. The van der Waals surface area contributed by atoms with E-state index in [1.165, 1.54) is 28.1 Å². The predicted molar refractivity (Wildman–Crippen MR) is 173 cm³/mol. The zero-order valence-electron chi connectivity index (χ0n) is 25.0. The van der Waals surface area contributed by atoms with Crippen molar-refractivity contribution in [3.8, 4) is 11.1 Å². The lowest BCUT2D eigenvalue weighted by atomic mass is 9.91. The van der Waals surface area contributed by atoms with Crippen LogP contribution in [0.25, 0.3) is 11.1 Å². The molecule has 0 saturated carbocycles. The summed E-state index contributed by atoms with van der Waals surface area (Å²) in [7, 11) is -4.40. The third-order valence-electron chi connectivity index (χ3n) is 8.29. The summed E-state index contributed by atoms with van der Waals surface area (Å²) >= 11 is 12.6. The van der Waals surface area contributed by atoms with Gasteiger partial charge in [-0.2, -0.15) is 4.31 Å². The Hall–Kier alpha value is -4.37. The average Bonchev–Trinajstić information content (AvgIpc) is 3.75. The van der Waals surface area contributed by atoms with E-state index in [9.17, 15) is 22.8 Å². The summed E-state index contributed by atoms with van der Waals surface area (Å²) in [4.78, 5) is 52.2. The van der Waals surface area contributed by atoms with Crippen molar-refractivity contribution in [1.29, 1.82) is 0 Å². The van der Waals surface area contributed by atoms with Crippen LogP contribution in [0.15, 0.2) is 72.4 Å². The molecule has 1 saturated heterocycles. The fourth-order valence-corrected chi connectivity index (χ4v) is 8.46. The first-order valence-corrected chi connectivity index (χ1v) is 16.8. The van der Waals surface area contributed by atoms with Gasteiger partial charge in [0.25, 0.3) is 15.9 Å². The van der Waals surface area contributed by atoms with E-state index in [1.54, 1.807) is 31.5 Å². The number of aromatic nitrogens is 4. The molecule has 0 bridgehead atoms. The van der Waals surface area contributed by atoms with Crippen LogP contribution >= 0.6 is 23.2 Å². The molecule has 2 aromatic carbocycles. The highest BCUT2D eigenvalue weighted by Crippen LogP contribution is 2.45. The molecule has 244 valence electrons. The summed E-state index contributed by atoms with van der Waals surface area (Å²) in [6.45, 7) is 1.56. The highest BCUT2D eigenvalue weighted by atomic mass is 35.5. The molecule has 4 heterocycles. The van der Waals surface area contributed by atoms with Crippen LogP contribution in [0, 0.1) is 0 Å². The van der Waals surface area contributed by atoms with Crippen LogP contribution in [0.2, 0.25) is 10.0 Å². The summed E-state index contributed by atoms with van der Waals surface area (Å²) < 4.78 is 31.2. The van der Waals surface area contributed by atoms with Gasteiger partial charge in [0.2, 0.25) is 11.9 Å². The van der Waals surface area contributed by atoms with E-state index in [1.807, 2.05) is 24.3 Å². The lowest BCUT2D eigenvalue weighted by Crippen LogP contribution is -2.47. The lowest BCUT2D eigenvalue weighted by Gasteiger charge is -2.29. The molecule has 6 rings (SSSR count). The average molecular weight is 699 g/mol. The quantitative estimate of drug-likeness (QED) is 0.249. The molecule has 2 aromatic heterocycles. The van der Waals surface area contributed by atoms with E-state index < -0.39 is 39.4 Å². The van der Waals surface area contributed by atoms with Crippen molar-refractivity contribution < 1.29 is 27.9 Å². The fourth-order valence-electron chi connectivity index (χ4n) is 6.09. The van der Waals surface area contributed by atoms with Crippen LogP contribution in [0.5, 0.6) is 0 Å². The molecule has 2 amide bonds. The number of sulfonamides is 1. The van der Waals surface area contributed by atoms with Crippen molar-refractivity contribution in [2.24, 2.45) is 0 Å². The van der Waals surface area contributed by atoms with Gasteiger partial charge in [-0.05, 0) is 49.1 Å². The largest absolute Gasteiger partial charge is 0.481 e. The summed E-state index contributed by atoms with van der Waals surface area (Å²) in [6, 6.07) is 11.0. The normalized spacial score (nSPS) is 19.6. The maximum Gasteiger partial charge on any atom is 0.305 e. The monoisotopic (exact) mass is 697 g/mol. The third kappa shape index (κ3) is 6.09. The Kier molecular flexibility index (Phi) is 8.78. The molecule has 0 spiro atoms. The summed E-state index contributed by atoms with van der Waals surface area (Å²) in [5.74, 6) is -2.09. The number of halogens is 2. The maximum atomic E-state index is 14.4. The van der Waals surface area contributed by atoms with Gasteiger partial charge in [0.15, 0.2) is 5.03 Å². The minimum absolute atomic E-state index is 0.0501. The summed E-state index contributed by atoms with van der Waals surface area (Å²) in [5, 5.41) is 11.8. The number of amides is 2. The van der Waals surface area contributed by atoms with Crippen LogP contribution in [0.3, 0.4) is 0 Å². The number of carboxylic acid groups (broad SMARTS) is 1. The molecule has 0 unspecified atom stereocenters. The molecule has 13 nitrogen and oxygen atoms in total. The number of carbonyl (C=O) groups excluding carboxylic acids is 2. The molecule has 2 N–H and O–H groups in total. The Balaban J connectivity index is 1.41. The van der Waals surface area contributed by atoms with E-state index in [4.69, 9.17) is 28.3 Å². The fraction of sp³-hybridized carbons (Fsp3) is 0.290. The number of aliphatic carboxylic acids is 1. The van der Waals surface area contributed by atoms with E-state index in [0.29, 0.717) is 12.1 Å². The van der Waals surface area contributed by atoms with Gasteiger partial charge in [0, 0.05) is 47.5 Å². The SMILES string of the molecule is C[C@@]1(Cc2ccc(-c3cncnc3)cc2)C(=O)N(c2cc(Cl)cc(Cl)c2)c2ncc(S(=O)(=O)N3CCC[C@H]3C(=O)NCCC(=O)O)n21. The number of rotatable bonds is 10. The molecule has 16 heteroatoms. The highest BCUT2D eigenvalue weighted by Gasteiger charge is 2.53. The molecule has 4 aromatic rings. The van der Waals surface area contributed by atoms with Crippen molar-refractivity contribution >= 4 is 62.6 Å². The zero-order valence-corrected chi connectivity index (χ0v) is 27.3. The third-order valence-corrected chi connectivity index (χ3v) is 10.6. The molecule has 0 aliphatic carbocycles. The van der Waals surface area contributed by atoms with Crippen molar-refractivity contribution in [1.82, 2.24) is 29.1 Å². The number of nitrogens with zero attached hydrogens (tertiary/aromatic N) is 6. The van der Waals surface area contributed by atoms with Crippen LogP contribution in [-0.2, 0) is 36.4 Å². The van der Waals surface area contributed by atoms with E-state index in [0.717, 1.165) is 21.0 Å². The molecule has 2 aliphatic rings. The number of hydrogen-bond donors (Lipinski definition) is 2. The van der Waals surface area contributed by atoms with Gasteiger partial charge in [-0.3, -0.25) is 19.0 Å². The number of carboxylic acids is 1. The molecule has 1 fully saturated rings. The second-order valence-corrected chi connectivity index (χ2v) is 14.2. The maximum absolute atomic E-state index is 14.4. The first-order valence-electron chi connectivity index (χ1n) is 14.6. The Labute approximate surface area is 280 Å². The number of hydrogen-bond acceptors (Lipinski definition) is 8. The lowest BCUT2D eigenvalue weighted by molar-refractivity contribution is -0.137. The second-order valence-electron chi connectivity index (χ2n) is 11.5. The number of nitrogens with one attached hydrogen (secondary N) is 1. The van der Waals surface area contributed by atoms with E-state index in [-0.39, 0.29) is 53.4 Å². The Morgan fingerprint density at radius 1 is 1.04 bits per heavy atom. The Bertz CT molecular complexity index is 1950. The van der Waals surface area contributed by atoms with Crippen LogP contribution in [0.1, 0.15) is 31.7 Å². The van der Waals surface area contributed by atoms with E-state index in [2.05, 4.69) is 20.3 Å². The first kappa shape index (κ1) is 32.6. The second kappa shape index (κ2) is 12.7. The molecule has 2 aliphatic heterocycles. The number of imidazole rings is 1. The van der Waals surface area contributed by atoms with Crippen LogP contribution < -0.4 is 10.2 Å². The smallest absolute Gasteiger partial charge is 0.305 e. The van der Waals surface area contributed by atoms with Crippen molar-refractivity contribution in [2.45, 2.75) is 49.2 Å². The molecular formula is C31H29Cl2N7O6S. The van der Waals surface area contributed by atoms with Gasteiger partial charge < -0.3 is 10.4 Å².